The van der Waals surface area contributed by atoms with Crippen molar-refractivity contribution in [3.63, 3.8) is 0 Å². The number of nitrogens with zero attached hydrogens (tertiary/aromatic N) is 2. The number of fused-ring (bicyclic) bond motifs is 1. The van der Waals surface area contributed by atoms with Crippen molar-refractivity contribution in [2.45, 2.75) is 31.5 Å². The summed E-state index contributed by atoms with van der Waals surface area (Å²) < 4.78 is 3.05. The van der Waals surface area contributed by atoms with Crippen LogP contribution in [0.5, 0.6) is 0 Å². The lowest BCUT2D eigenvalue weighted by Gasteiger charge is -2.24. The molecule has 0 bridgehead atoms. The van der Waals surface area contributed by atoms with Gasteiger partial charge in [-0.3, -0.25) is 4.79 Å². The fraction of sp³-hybridized carbons (Fsp3) is 0.385. The minimum absolute atomic E-state index is 0.0145. The van der Waals surface area contributed by atoms with E-state index < -0.39 is 5.97 Å². The van der Waals surface area contributed by atoms with E-state index in [-0.39, 0.29) is 11.3 Å². The van der Waals surface area contributed by atoms with Crippen molar-refractivity contribution in [1.82, 2.24) is 9.55 Å². The first kappa shape index (κ1) is 14.4. The molecule has 4 nitrogen and oxygen atoms in total. The van der Waals surface area contributed by atoms with Gasteiger partial charge in [0, 0.05) is 10.0 Å². The number of carboxylic acids is 1. The van der Waals surface area contributed by atoms with E-state index in [0.29, 0.717) is 0 Å². The molecule has 102 valence electrons. The van der Waals surface area contributed by atoms with Crippen molar-refractivity contribution in [2.75, 3.05) is 5.75 Å². The molecule has 1 heterocycles. The molecule has 0 fully saturated rings. The van der Waals surface area contributed by atoms with Gasteiger partial charge in [0.1, 0.15) is 0 Å². The van der Waals surface area contributed by atoms with Crippen LogP contribution in [0, 0.1) is 0 Å². The Labute approximate surface area is 124 Å². The molecular formula is C13H15BrN2O2S. The molecular weight excluding hydrogens is 328 g/mol. The molecule has 0 saturated carbocycles. The fourth-order valence-electron chi connectivity index (χ4n) is 1.90. The summed E-state index contributed by atoms with van der Waals surface area (Å²) in [6.07, 6.45) is 0. The molecule has 0 spiro atoms. The highest BCUT2D eigenvalue weighted by Crippen LogP contribution is 2.31. The lowest BCUT2D eigenvalue weighted by molar-refractivity contribution is -0.133. The number of hydrogen-bond acceptors (Lipinski definition) is 3. The van der Waals surface area contributed by atoms with Crippen molar-refractivity contribution in [1.29, 1.82) is 0 Å². The van der Waals surface area contributed by atoms with Gasteiger partial charge < -0.3 is 9.67 Å². The fourth-order valence-corrected chi connectivity index (χ4v) is 3.17. The maximum absolute atomic E-state index is 10.7. The van der Waals surface area contributed by atoms with Gasteiger partial charge in [-0.05, 0) is 39.0 Å². The molecule has 6 heteroatoms. The average Bonchev–Trinajstić information content (AvgIpc) is 2.63. The minimum atomic E-state index is -0.835. The molecule has 1 aromatic heterocycles. The number of aromatic nitrogens is 2. The minimum Gasteiger partial charge on any atom is -0.481 e. The topological polar surface area (TPSA) is 55.1 Å². The van der Waals surface area contributed by atoms with Crippen LogP contribution in [-0.4, -0.2) is 26.4 Å². The maximum atomic E-state index is 10.7. The maximum Gasteiger partial charge on any atom is 0.313 e. The van der Waals surface area contributed by atoms with Gasteiger partial charge in [0.05, 0.1) is 16.8 Å². The smallest absolute Gasteiger partial charge is 0.313 e. The van der Waals surface area contributed by atoms with Crippen molar-refractivity contribution in [3.8, 4) is 0 Å². The quantitative estimate of drug-likeness (QED) is 0.863. The average molecular weight is 343 g/mol. The van der Waals surface area contributed by atoms with Gasteiger partial charge in [-0.15, -0.1) is 0 Å². The lowest BCUT2D eigenvalue weighted by atomic mass is 10.1. The highest BCUT2D eigenvalue weighted by Gasteiger charge is 2.22. The zero-order valence-corrected chi connectivity index (χ0v) is 13.4. The van der Waals surface area contributed by atoms with Gasteiger partial charge >= 0.3 is 5.97 Å². The van der Waals surface area contributed by atoms with Crippen molar-refractivity contribution in [2.24, 2.45) is 0 Å². The number of rotatable bonds is 3. The number of hydrogen-bond donors (Lipinski definition) is 1. The number of halogens is 1. The van der Waals surface area contributed by atoms with Crippen LogP contribution >= 0.6 is 27.7 Å². The number of carbonyl (C=O) groups is 1. The Morgan fingerprint density at radius 2 is 2.16 bits per heavy atom. The summed E-state index contributed by atoms with van der Waals surface area (Å²) in [5.74, 6) is -0.820. The van der Waals surface area contributed by atoms with Crippen molar-refractivity contribution in [3.05, 3.63) is 22.7 Å². The highest BCUT2D eigenvalue weighted by molar-refractivity contribution is 9.10. The summed E-state index contributed by atoms with van der Waals surface area (Å²) >= 11 is 4.68. The standard InChI is InChI=1S/C13H15BrN2O2S/c1-13(2,3)16-10-5-4-8(14)6-9(10)15-12(16)19-7-11(17)18/h4-6H,7H2,1-3H3,(H,17,18). The van der Waals surface area contributed by atoms with E-state index in [9.17, 15) is 4.79 Å². The predicted molar refractivity (Wildman–Crippen MR) is 80.8 cm³/mol. The Morgan fingerprint density at radius 3 is 2.74 bits per heavy atom. The van der Waals surface area contributed by atoms with E-state index in [2.05, 4.69) is 46.3 Å². The third kappa shape index (κ3) is 3.12. The molecule has 2 rings (SSSR count). The number of aliphatic carboxylic acids is 1. The second-order valence-corrected chi connectivity index (χ2v) is 7.07. The van der Waals surface area contributed by atoms with E-state index in [1.165, 1.54) is 11.8 Å². The van der Waals surface area contributed by atoms with Crippen LogP contribution in [-0.2, 0) is 10.3 Å². The summed E-state index contributed by atoms with van der Waals surface area (Å²) in [6, 6.07) is 5.92. The number of imidazole rings is 1. The molecule has 1 aromatic carbocycles. The molecule has 19 heavy (non-hydrogen) atoms. The molecule has 0 saturated heterocycles. The Morgan fingerprint density at radius 1 is 1.47 bits per heavy atom. The van der Waals surface area contributed by atoms with Gasteiger partial charge in [0.15, 0.2) is 5.16 Å². The molecule has 0 unspecified atom stereocenters. The third-order valence-electron chi connectivity index (χ3n) is 2.58. The van der Waals surface area contributed by atoms with Gasteiger partial charge in [-0.25, -0.2) is 4.98 Å². The second kappa shape index (κ2) is 5.17. The summed E-state index contributed by atoms with van der Waals surface area (Å²) in [4.78, 5) is 15.3. The van der Waals surface area contributed by atoms with E-state index in [4.69, 9.17) is 5.11 Å². The molecule has 0 aliphatic rings. The molecule has 0 amide bonds. The molecule has 0 aliphatic heterocycles. The summed E-state index contributed by atoms with van der Waals surface area (Å²) in [7, 11) is 0. The van der Waals surface area contributed by atoms with Crippen LogP contribution < -0.4 is 0 Å². The summed E-state index contributed by atoms with van der Waals surface area (Å²) in [5.41, 5.74) is 1.74. The Bertz CT molecular complexity index is 631. The van der Waals surface area contributed by atoms with Crippen LogP contribution in [0.25, 0.3) is 11.0 Å². The number of thioether (sulfide) groups is 1. The molecule has 1 N–H and O–H groups in total. The molecule has 0 atom stereocenters. The number of benzene rings is 1. The van der Waals surface area contributed by atoms with Crippen LogP contribution in [0.15, 0.2) is 27.8 Å². The highest BCUT2D eigenvalue weighted by atomic mass is 79.9. The first-order valence-corrected chi connectivity index (χ1v) is 7.60. The van der Waals surface area contributed by atoms with Crippen LogP contribution in [0.1, 0.15) is 20.8 Å². The van der Waals surface area contributed by atoms with Gasteiger partial charge in [0.2, 0.25) is 0 Å². The zero-order valence-electron chi connectivity index (χ0n) is 11.0. The number of carboxylic acid groups (broad SMARTS) is 1. The predicted octanol–water partition coefficient (Wildman–Crippen LogP) is 3.73. The second-order valence-electron chi connectivity index (χ2n) is 5.22. The van der Waals surface area contributed by atoms with Gasteiger partial charge in [0.25, 0.3) is 0 Å². The van der Waals surface area contributed by atoms with E-state index in [1.54, 1.807) is 0 Å². The van der Waals surface area contributed by atoms with E-state index in [0.717, 1.165) is 20.7 Å². The monoisotopic (exact) mass is 342 g/mol. The van der Waals surface area contributed by atoms with Crippen molar-refractivity contribution < 1.29 is 9.90 Å². The van der Waals surface area contributed by atoms with Crippen molar-refractivity contribution >= 4 is 44.7 Å². The molecule has 2 aromatic rings. The van der Waals surface area contributed by atoms with Crippen LogP contribution in [0.2, 0.25) is 0 Å². The van der Waals surface area contributed by atoms with Crippen LogP contribution in [0.3, 0.4) is 0 Å². The first-order valence-electron chi connectivity index (χ1n) is 5.82. The Balaban J connectivity index is 2.58. The largest absolute Gasteiger partial charge is 0.481 e. The third-order valence-corrected chi connectivity index (χ3v) is 4.00. The van der Waals surface area contributed by atoms with E-state index >= 15 is 0 Å². The van der Waals surface area contributed by atoms with Gasteiger partial charge in [-0.1, -0.05) is 27.7 Å². The lowest BCUT2D eigenvalue weighted by Crippen LogP contribution is -2.22. The normalized spacial score (nSPS) is 12.0. The SMILES string of the molecule is CC(C)(C)n1c(SCC(=O)O)nc2cc(Br)ccc21. The summed E-state index contributed by atoms with van der Waals surface area (Å²) in [5, 5.41) is 9.56. The Kier molecular flexibility index (Phi) is 3.92. The first-order chi connectivity index (χ1) is 8.79. The van der Waals surface area contributed by atoms with Gasteiger partial charge in [-0.2, -0.15) is 0 Å². The molecule has 0 aliphatic carbocycles. The zero-order chi connectivity index (χ0) is 14.2. The summed E-state index contributed by atoms with van der Waals surface area (Å²) in [6.45, 7) is 6.25. The van der Waals surface area contributed by atoms with E-state index in [1.807, 2.05) is 18.2 Å². The van der Waals surface area contributed by atoms with Crippen LogP contribution in [0.4, 0.5) is 0 Å². The Hall–Kier alpha value is -1.01. The molecule has 0 radical (unpaired) electrons.